The van der Waals surface area contributed by atoms with E-state index in [-0.39, 0.29) is 0 Å². The Bertz CT molecular complexity index is 1350. The van der Waals surface area contributed by atoms with Crippen molar-refractivity contribution in [3.63, 3.8) is 0 Å². The van der Waals surface area contributed by atoms with E-state index in [4.69, 9.17) is 4.98 Å². The average Bonchev–Trinajstić information content (AvgIpc) is 2.89. The molecule has 33 heavy (non-hydrogen) atoms. The van der Waals surface area contributed by atoms with E-state index in [9.17, 15) is 0 Å². The Labute approximate surface area is 193 Å². The van der Waals surface area contributed by atoms with Crippen LogP contribution >= 0.6 is 0 Å². The third kappa shape index (κ3) is 4.45. The molecule has 4 heterocycles. The molecular weight excluding hydrogens is 408 g/mol. The van der Waals surface area contributed by atoms with Crippen molar-refractivity contribution in [1.82, 2.24) is 15.0 Å². The minimum Gasteiger partial charge on any atom is -0.378 e. The van der Waals surface area contributed by atoms with Crippen LogP contribution in [0, 0.1) is 0 Å². The molecule has 6 nitrogen and oxygen atoms in total. The van der Waals surface area contributed by atoms with E-state index in [2.05, 4.69) is 63.4 Å². The van der Waals surface area contributed by atoms with Crippen molar-refractivity contribution in [3.05, 3.63) is 110 Å². The number of rotatable bonds is 5. The molecule has 0 aliphatic heterocycles. The Morgan fingerprint density at radius 2 is 1.00 bits per heavy atom. The lowest BCUT2D eigenvalue weighted by molar-refractivity contribution is -0.612. The van der Waals surface area contributed by atoms with Gasteiger partial charge in [-0.15, -0.1) is 0 Å². The Morgan fingerprint density at radius 3 is 1.48 bits per heavy atom. The van der Waals surface area contributed by atoms with Crippen LogP contribution < -0.4 is 14.0 Å². The molecule has 0 amide bonds. The minimum absolute atomic E-state index is 0.754. The highest BCUT2D eigenvalue weighted by Gasteiger charge is 2.15. The van der Waals surface area contributed by atoms with Gasteiger partial charge in [-0.25, -0.2) is 14.1 Å². The summed E-state index contributed by atoms with van der Waals surface area (Å²) >= 11 is 0. The summed E-state index contributed by atoms with van der Waals surface area (Å²) in [6.07, 6.45) is 15.1. The molecule has 0 unspecified atom stereocenters. The van der Waals surface area contributed by atoms with Crippen LogP contribution in [0.1, 0.15) is 0 Å². The topological polar surface area (TPSA) is 49.7 Å². The summed E-state index contributed by atoms with van der Waals surface area (Å²) in [6.45, 7) is 0. The molecule has 0 spiro atoms. The van der Waals surface area contributed by atoms with E-state index < -0.39 is 0 Å². The zero-order valence-corrected chi connectivity index (χ0v) is 18.6. The van der Waals surface area contributed by atoms with Crippen LogP contribution in [0.25, 0.3) is 33.9 Å². The molecule has 160 valence electrons. The number of pyridine rings is 3. The smallest absolute Gasteiger partial charge is 0.351 e. The second-order valence-corrected chi connectivity index (χ2v) is 7.90. The van der Waals surface area contributed by atoms with Gasteiger partial charge in [-0.1, -0.05) is 12.1 Å². The van der Waals surface area contributed by atoms with Gasteiger partial charge in [-0.05, 0) is 70.8 Å². The number of hydrogen-bond donors (Lipinski definition) is 0. The number of aromatic nitrogens is 5. The first kappa shape index (κ1) is 20.5. The molecule has 5 rings (SSSR count). The standard InChI is InChI=1S/C27H24N6/c1-31(2)25-5-3-21(4-6-25)23-9-15-32(16-10-23)26-19-29-20-27(30-26)33-17-11-24(12-18-33)22-7-13-28-14-8-22/h3-20H,1-2H3/q+2. The molecule has 0 N–H and O–H groups in total. The summed E-state index contributed by atoms with van der Waals surface area (Å²) in [5.41, 5.74) is 5.77. The lowest BCUT2D eigenvalue weighted by Gasteiger charge is -2.12. The first-order valence-corrected chi connectivity index (χ1v) is 10.7. The van der Waals surface area contributed by atoms with Crippen LogP contribution in [0.2, 0.25) is 0 Å². The van der Waals surface area contributed by atoms with E-state index in [0.29, 0.717) is 0 Å². The maximum absolute atomic E-state index is 4.80. The Morgan fingerprint density at radius 1 is 0.545 bits per heavy atom. The summed E-state index contributed by atoms with van der Waals surface area (Å²) < 4.78 is 3.93. The molecule has 5 aromatic rings. The van der Waals surface area contributed by atoms with E-state index in [1.165, 1.54) is 11.3 Å². The average molecular weight is 433 g/mol. The van der Waals surface area contributed by atoms with Crippen LogP contribution in [-0.2, 0) is 0 Å². The normalized spacial score (nSPS) is 10.7. The maximum atomic E-state index is 4.80. The third-order valence-electron chi connectivity index (χ3n) is 5.53. The van der Waals surface area contributed by atoms with Gasteiger partial charge in [0.25, 0.3) is 0 Å². The fourth-order valence-corrected chi connectivity index (χ4v) is 3.63. The lowest BCUT2D eigenvalue weighted by atomic mass is 10.1. The molecule has 0 bridgehead atoms. The van der Waals surface area contributed by atoms with Gasteiger partial charge >= 0.3 is 11.6 Å². The first-order valence-electron chi connectivity index (χ1n) is 10.7. The number of benzene rings is 1. The SMILES string of the molecule is CN(C)c1ccc(-c2cc[n+](-c3cncc(-[n+]4ccc(-c5ccncc5)cc4)n3)cc2)cc1. The lowest BCUT2D eigenvalue weighted by Crippen LogP contribution is -2.35. The van der Waals surface area contributed by atoms with Gasteiger partial charge in [0, 0.05) is 37.2 Å². The summed E-state index contributed by atoms with van der Waals surface area (Å²) in [5, 5.41) is 0. The predicted molar refractivity (Wildman–Crippen MR) is 128 cm³/mol. The van der Waals surface area contributed by atoms with Crippen molar-refractivity contribution in [2.24, 2.45) is 0 Å². The van der Waals surface area contributed by atoms with E-state index in [1.54, 1.807) is 24.8 Å². The molecule has 4 aromatic heterocycles. The van der Waals surface area contributed by atoms with Crippen LogP contribution in [0.15, 0.2) is 110 Å². The molecule has 0 aliphatic carbocycles. The first-order chi connectivity index (χ1) is 16.2. The fourth-order valence-electron chi connectivity index (χ4n) is 3.63. The highest BCUT2D eigenvalue weighted by molar-refractivity contribution is 5.65. The van der Waals surface area contributed by atoms with Crippen molar-refractivity contribution in [2.75, 3.05) is 19.0 Å². The summed E-state index contributed by atoms with van der Waals surface area (Å²) in [7, 11) is 4.09. The number of anilines is 1. The summed E-state index contributed by atoms with van der Waals surface area (Å²) in [6, 6.07) is 20.8. The Kier molecular flexibility index (Phi) is 5.55. The van der Waals surface area contributed by atoms with Crippen LogP contribution in [-0.4, -0.2) is 29.0 Å². The van der Waals surface area contributed by atoms with Crippen LogP contribution in [0.3, 0.4) is 0 Å². The van der Waals surface area contributed by atoms with Gasteiger partial charge in [0.2, 0.25) is 0 Å². The largest absolute Gasteiger partial charge is 0.378 e. The number of nitrogens with zero attached hydrogens (tertiary/aromatic N) is 6. The van der Waals surface area contributed by atoms with Crippen molar-refractivity contribution < 1.29 is 9.13 Å². The summed E-state index contributed by atoms with van der Waals surface area (Å²) in [5.74, 6) is 1.51. The van der Waals surface area contributed by atoms with E-state index in [1.807, 2.05) is 60.1 Å². The van der Waals surface area contributed by atoms with Crippen molar-refractivity contribution in [3.8, 4) is 33.9 Å². The second-order valence-electron chi connectivity index (χ2n) is 7.90. The van der Waals surface area contributed by atoms with Crippen molar-refractivity contribution in [2.45, 2.75) is 0 Å². The minimum atomic E-state index is 0.754. The quantitative estimate of drug-likeness (QED) is 0.396. The Balaban J connectivity index is 1.38. The molecule has 0 aliphatic rings. The molecular formula is C27H24N6+2. The third-order valence-corrected chi connectivity index (χ3v) is 5.53. The van der Waals surface area contributed by atoms with E-state index >= 15 is 0 Å². The molecule has 1 aromatic carbocycles. The highest BCUT2D eigenvalue weighted by atomic mass is 15.1. The predicted octanol–water partition coefficient (Wildman–Crippen LogP) is 3.83. The van der Waals surface area contributed by atoms with Gasteiger partial charge in [-0.2, -0.15) is 0 Å². The highest BCUT2D eigenvalue weighted by Crippen LogP contribution is 2.21. The van der Waals surface area contributed by atoms with Gasteiger partial charge in [0.05, 0.1) is 24.8 Å². The zero-order valence-electron chi connectivity index (χ0n) is 18.6. The van der Waals surface area contributed by atoms with Gasteiger partial charge in [-0.3, -0.25) is 4.98 Å². The molecule has 6 heteroatoms. The monoisotopic (exact) mass is 432 g/mol. The van der Waals surface area contributed by atoms with Crippen molar-refractivity contribution >= 4 is 5.69 Å². The molecule has 0 fully saturated rings. The van der Waals surface area contributed by atoms with Crippen LogP contribution in [0.4, 0.5) is 5.69 Å². The molecule has 0 atom stereocenters. The second kappa shape index (κ2) is 8.96. The molecule has 0 radical (unpaired) electrons. The zero-order chi connectivity index (χ0) is 22.6. The van der Waals surface area contributed by atoms with E-state index in [0.717, 1.165) is 28.3 Å². The fraction of sp³-hybridized carbons (Fsp3) is 0.0741. The maximum Gasteiger partial charge on any atom is 0.351 e. The molecule has 0 saturated carbocycles. The van der Waals surface area contributed by atoms with Gasteiger partial charge < -0.3 is 4.90 Å². The summed E-state index contributed by atoms with van der Waals surface area (Å²) in [4.78, 5) is 15.4. The van der Waals surface area contributed by atoms with Gasteiger partial charge in [0.15, 0.2) is 0 Å². The van der Waals surface area contributed by atoms with Gasteiger partial charge in [0.1, 0.15) is 12.4 Å². The molecule has 0 saturated heterocycles. The van der Waals surface area contributed by atoms with Crippen molar-refractivity contribution in [1.29, 1.82) is 0 Å². The Hall–Kier alpha value is -4.45. The van der Waals surface area contributed by atoms with Crippen LogP contribution in [0.5, 0.6) is 0 Å². The number of hydrogen-bond acceptors (Lipinski definition) is 4.